The Kier molecular flexibility index (Phi) is 5.08. The molecule has 0 aromatic carbocycles. The van der Waals surface area contributed by atoms with E-state index in [-0.39, 0.29) is 17.4 Å². The Labute approximate surface area is 107 Å². The quantitative estimate of drug-likeness (QED) is 0.748. The highest BCUT2D eigenvalue weighted by Crippen LogP contribution is 2.20. The van der Waals surface area contributed by atoms with Crippen LogP contribution in [0.15, 0.2) is 0 Å². The monoisotopic (exact) mass is 255 g/mol. The van der Waals surface area contributed by atoms with Gasteiger partial charge in [-0.2, -0.15) is 15.0 Å². The predicted molar refractivity (Wildman–Crippen MR) is 69.6 cm³/mol. The zero-order valence-electron chi connectivity index (χ0n) is 11.4. The van der Waals surface area contributed by atoms with Crippen molar-refractivity contribution < 1.29 is 9.47 Å². The maximum absolute atomic E-state index is 5.55. The standard InChI is InChI=1S/C11H21N5O2/c1-11(2,5-6-17-3)7-13-9-14-8(12)15-10(16-9)18-4/h5-7H2,1-4H3,(H3,12,13,14,15,16). The molecular weight excluding hydrogens is 234 g/mol. The molecule has 0 atom stereocenters. The molecule has 0 unspecified atom stereocenters. The van der Waals surface area contributed by atoms with Crippen molar-refractivity contribution in [3.63, 3.8) is 0 Å². The van der Waals surface area contributed by atoms with Crippen LogP contribution in [0, 0.1) is 5.41 Å². The van der Waals surface area contributed by atoms with Crippen molar-refractivity contribution in [3.8, 4) is 6.01 Å². The fourth-order valence-electron chi connectivity index (χ4n) is 1.33. The van der Waals surface area contributed by atoms with Crippen LogP contribution >= 0.6 is 0 Å². The Balaban J connectivity index is 2.59. The van der Waals surface area contributed by atoms with Crippen molar-refractivity contribution in [1.82, 2.24) is 15.0 Å². The molecule has 0 saturated carbocycles. The second-order valence-electron chi connectivity index (χ2n) is 4.76. The van der Waals surface area contributed by atoms with E-state index in [0.717, 1.165) is 13.0 Å². The Morgan fingerprint density at radius 1 is 1.22 bits per heavy atom. The van der Waals surface area contributed by atoms with Crippen LogP contribution in [0.4, 0.5) is 11.9 Å². The van der Waals surface area contributed by atoms with Crippen molar-refractivity contribution in [2.45, 2.75) is 20.3 Å². The first-order chi connectivity index (χ1) is 8.46. The smallest absolute Gasteiger partial charge is 0.322 e. The third-order valence-corrected chi connectivity index (χ3v) is 2.52. The lowest BCUT2D eigenvalue weighted by atomic mass is 9.90. The van der Waals surface area contributed by atoms with E-state index in [9.17, 15) is 0 Å². The van der Waals surface area contributed by atoms with Crippen LogP contribution in [0.3, 0.4) is 0 Å². The Morgan fingerprint density at radius 3 is 2.56 bits per heavy atom. The third kappa shape index (κ3) is 4.70. The molecule has 0 fully saturated rings. The van der Waals surface area contributed by atoms with E-state index in [4.69, 9.17) is 15.2 Å². The van der Waals surface area contributed by atoms with Gasteiger partial charge >= 0.3 is 6.01 Å². The molecule has 7 heteroatoms. The molecular formula is C11H21N5O2. The van der Waals surface area contributed by atoms with Crippen molar-refractivity contribution in [2.24, 2.45) is 5.41 Å². The summed E-state index contributed by atoms with van der Waals surface area (Å²) in [6.45, 7) is 5.71. The van der Waals surface area contributed by atoms with Crippen molar-refractivity contribution >= 4 is 11.9 Å². The molecule has 0 aliphatic rings. The average molecular weight is 255 g/mol. The minimum Gasteiger partial charge on any atom is -0.467 e. The molecule has 0 radical (unpaired) electrons. The highest BCUT2D eigenvalue weighted by atomic mass is 16.5. The molecule has 1 rings (SSSR count). The maximum atomic E-state index is 5.55. The minimum atomic E-state index is 0.0740. The van der Waals surface area contributed by atoms with Crippen molar-refractivity contribution in [2.75, 3.05) is 38.4 Å². The van der Waals surface area contributed by atoms with Crippen LogP contribution in [0.25, 0.3) is 0 Å². The zero-order chi connectivity index (χ0) is 13.6. The first kappa shape index (κ1) is 14.4. The van der Waals surface area contributed by atoms with Crippen molar-refractivity contribution in [1.29, 1.82) is 0 Å². The zero-order valence-corrected chi connectivity index (χ0v) is 11.4. The summed E-state index contributed by atoms with van der Waals surface area (Å²) >= 11 is 0. The first-order valence-electron chi connectivity index (χ1n) is 5.75. The van der Waals surface area contributed by atoms with Gasteiger partial charge in [-0.25, -0.2) is 0 Å². The van der Waals surface area contributed by atoms with Gasteiger partial charge in [-0.05, 0) is 11.8 Å². The van der Waals surface area contributed by atoms with Gasteiger partial charge in [0.1, 0.15) is 0 Å². The van der Waals surface area contributed by atoms with Crippen LogP contribution in [0.5, 0.6) is 6.01 Å². The van der Waals surface area contributed by atoms with Gasteiger partial charge in [-0.15, -0.1) is 0 Å². The molecule has 7 nitrogen and oxygen atoms in total. The minimum absolute atomic E-state index is 0.0740. The number of nitrogens with zero attached hydrogens (tertiary/aromatic N) is 3. The molecule has 1 aromatic heterocycles. The SMILES string of the molecule is COCCC(C)(C)CNc1nc(N)nc(OC)n1. The number of nitrogen functional groups attached to an aromatic ring is 1. The van der Waals surface area contributed by atoms with Gasteiger partial charge < -0.3 is 20.5 Å². The highest BCUT2D eigenvalue weighted by Gasteiger charge is 2.18. The van der Waals surface area contributed by atoms with Gasteiger partial charge in [0.2, 0.25) is 11.9 Å². The van der Waals surface area contributed by atoms with Crippen LogP contribution in [0.2, 0.25) is 0 Å². The van der Waals surface area contributed by atoms with Gasteiger partial charge in [0.05, 0.1) is 7.11 Å². The maximum Gasteiger partial charge on any atom is 0.322 e. The molecule has 0 aliphatic heterocycles. The summed E-state index contributed by atoms with van der Waals surface area (Å²) in [7, 11) is 3.18. The summed E-state index contributed by atoms with van der Waals surface area (Å²) < 4.78 is 10.0. The van der Waals surface area contributed by atoms with Gasteiger partial charge in [-0.1, -0.05) is 13.8 Å². The van der Waals surface area contributed by atoms with E-state index in [2.05, 4.69) is 34.1 Å². The molecule has 0 spiro atoms. The third-order valence-electron chi connectivity index (χ3n) is 2.52. The number of aromatic nitrogens is 3. The second-order valence-corrected chi connectivity index (χ2v) is 4.76. The molecule has 3 N–H and O–H groups in total. The van der Waals surface area contributed by atoms with Crippen LogP contribution in [-0.4, -0.2) is 42.3 Å². The lowest BCUT2D eigenvalue weighted by Crippen LogP contribution is -2.25. The number of hydrogen-bond donors (Lipinski definition) is 2. The van der Waals surface area contributed by atoms with E-state index in [1.165, 1.54) is 7.11 Å². The number of ether oxygens (including phenoxy) is 2. The largest absolute Gasteiger partial charge is 0.467 e. The van der Waals surface area contributed by atoms with Crippen molar-refractivity contribution in [3.05, 3.63) is 0 Å². The van der Waals surface area contributed by atoms with E-state index < -0.39 is 0 Å². The highest BCUT2D eigenvalue weighted by molar-refractivity contribution is 5.32. The number of anilines is 2. The molecule has 1 heterocycles. The molecule has 1 aromatic rings. The van der Waals surface area contributed by atoms with Crippen LogP contribution < -0.4 is 15.8 Å². The summed E-state index contributed by atoms with van der Waals surface area (Å²) in [5, 5.41) is 3.13. The summed E-state index contributed by atoms with van der Waals surface area (Å²) in [4.78, 5) is 11.9. The molecule has 0 aliphatic carbocycles. The van der Waals surface area contributed by atoms with E-state index in [0.29, 0.717) is 12.5 Å². The fourth-order valence-corrected chi connectivity index (χ4v) is 1.33. The molecule has 18 heavy (non-hydrogen) atoms. The molecule has 102 valence electrons. The van der Waals surface area contributed by atoms with Crippen LogP contribution in [-0.2, 0) is 4.74 Å². The Morgan fingerprint density at radius 2 is 1.94 bits per heavy atom. The molecule has 0 bridgehead atoms. The average Bonchev–Trinajstić information content (AvgIpc) is 2.33. The van der Waals surface area contributed by atoms with E-state index in [1.54, 1.807) is 7.11 Å². The molecule has 0 saturated heterocycles. The van der Waals surface area contributed by atoms with Gasteiger partial charge in [0.25, 0.3) is 0 Å². The Bertz CT molecular complexity index is 384. The predicted octanol–water partition coefficient (Wildman–Crippen LogP) is 0.937. The Hall–Kier alpha value is -1.63. The normalized spacial score (nSPS) is 11.3. The summed E-state index contributed by atoms with van der Waals surface area (Å²) in [6, 6.07) is 0.208. The summed E-state index contributed by atoms with van der Waals surface area (Å²) in [6.07, 6.45) is 0.939. The first-order valence-corrected chi connectivity index (χ1v) is 5.75. The van der Waals surface area contributed by atoms with Crippen LogP contribution in [0.1, 0.15) is 20.3 Å². The van der Waals surface area contributed by atoms with E-state index in [1.807, 2.05) is 0 Å². The number of nitrogens with one attached hydrogen (secondary N) is 1. The van der Waals surface area contributed by atoms with Gasteiger partial charge in [-0.3, -0.25) is 0 Å². The summed E-state index contributed by atoms with van der Waals surface area (Å²) in [5.41, 5.74) is 5.63. The van der Waals surface area contributed by atoms with E-state index >= 15 is 0 Å². The number of hydrogen-bond acceptors (Lipinski definition) is 7. The van der Waals surface area contributed by atoms with Gasteiger partial charge in [0.15, 0.2) is 0 Å². The number of rotatable bonds is 7. The number of methoxy groups -OCH3 is 2. The summed E-state index contributed by atoms with van der Waals surface area (Å²) in [5.74, 6) is 0.559. The van der Waals surface area contributed by atoms with Gasteiger partial charge in [0, 0.05) is 20.3 Å². The lowest BCUT2D eigenvalue weighted by Gasteiger charge is -2.24. The number of nitrogens with two attached hydrogens (primary N) is 1. The topological polar surface area (TPSA) is 95.2 Å². The lowest BCUT2D eigenvalue weighted by molar-refractivity contribution is 0.157. The second kappa shape index (κ2) is 6.34. The molecule has 0 amide bonds. The fraction of sp³-hybridized carbons (Fsp3) is 0.727.